The van der Waals surface area contributed by atoms with E-state index in [0.717, 1.165) is 18.7 Å². The van der Waals surface area contributed by atoms with E-state index in [-0.39, 0.29) is 18.0 Å². The molecule has 0 aliphatic rings. The minimum atomic E-state index is -0.996. The molecule has 0 atom stereocenters. The fourth-order valence-electron chi connectivity index (χ4n) is 2.19. The smallest absolute Gasteiger partial charge is 0.335 e. The first kappa shape index (κ1) is 17.6. The molecule has 8 heteroatoms. The van der Waals surface area contributed by atoms with Gasteiger partial charge in [0.2, 0.25) is 5.91 Å². The fraction of sp³-hybridized carbons (Fsp3) is 0.375. The Morgan fingerprint density at radius 2 is 2.12 bits per heavy atom. The van der Waals surface area contributed by atoms with E-state index in [1.54, 1.807) is 6.20 Å². The van der Waals surface area contributed by atoms with Crippen LogP contribution in [0.3, 0.4) is 0 Å². The maximum Gasteiger partial charge on any atom is 0.335 e. The van der Waals surface area contributed by atoms with Crippen molar-refractivity contribution in [2.24, 2.45) is 7.05 Å². The minimum absolute atomic E-state index is 0.107. The first-order valence-corrected chi connectivity index (χ1v) is 7.68. The summed E-state index contributed by atoms with van der Waals surface area (Å²) in [5.74, 6) is -0.111. The van der Waals surface area contributed by atoms with Gasteiger partial charge in [0.15, 0.2) is 0 Å². The van der Waals surface area contributed by atoms with E-state index >= 15 is 0 Å². The number of carboxylic acid groups (broad SMARTS) is 1. The Morgan fingerprint density at radius 1 is 1.29 bits per heavy atom. The third kappa shape index (κ3) is 5.47. The molecule has 2 aromatic rings. The maximum absolute atomic E-state index is 11.7. The van der Waals surface area contributed by atoms with Crippen LogP contribution in [0.1, 0.15) is 28.3 Å². The molecule has 0 radical (unpaired) electrons. The summed E-state index contributed by atoms with van der Waals surface area (Å²) in [5, 5.41) is 14.7. The lowest BCUT2D eigenvalue weighted by molar-refractivity contribution is -0.120. The molecule has 0 aliphatic heterocycles. The fourth-order valence-corrected chi connectivity index (χ4v) is 2.19. The number of aryl methyl sites for hydroxylation is 2. The van der Waals surface area contributed by atoms with Crippen LogP contribution < -0.4 is 10.6 Å². The van der Waals surface area contributed by atoms with Crippen LogP contribution in [0.4, 0.5) is 0 Å². The number of rotatable bonds is 9. The molecule has 24 heavy (non-hydrogen) atoms. The van der Waals surface area contributed by atoms with Crippen molar-refractivity contribution in [3.05, 3.63) is 47.8 Å². The van der Waals surface area contributed by atoms with Crippen molar-refractivity contribution in [3.8, 4) is 0 Å². The van der Waals surface area contributed by atoms with Crippen molar-refractivity contribution in [1.29, 1.82) is 0 Å². The highest BCUT2D eigenvalue weighted by Crippen LogP contribution is 2.01. The molecule has 0 bridgehead atoms. The summed E-state index contributed by atoms with van der Waals surface area (Å²) in [5.41, 5.74) is 0.762. The Balaban J connectivity index is 1.62. The molecule has 0 aromatic carbocycles. The van der Waals surface area contributed by atoms with Crippen LogP contribution in [0.15, 0.2) is 30.7 Å². The number of amides is 1. The van der Waals surface area contributed by atoms with Gasteiger partial charge in [0.25, 0.3) is 0 Å². The van der Waals surface area contributed by atoms with Gasteiger partial charge in [0.1, 0.15) is 5.82 Å². The van der Waals surface area contributed by atoms with Crippen LogP contribution in [-0.4, -0.2) is 44.6 Å². The Kier molecular flexibility index (Phi) is 6.44. The zero-order valence-electron chi connectivity index (χ0n) is 13.5. The van der Waals surface area contributed by atoms with Crippen molar-refractivity contribution in [2.75, 3.05) is 13.1 Å². The number of carbonyl (C=O) groups is 2. The lowest BCUT2D eigenvalue weighted by atomic mass is 10.2. The highest BCUT2D eigenvalue weighted by Gasteiger charge is 2.05. The van der Waals surface area contributed by atoms with Crippen LogP contribution in [-0.2, 0) is 24.8 Å². The summed E-state index contributed by atoms with van der Waals surface area (Å²) in [6.45, 7) is 1.07. The molecular formula is C16H21N5O3. The molecule has 0 aliphatic carbocycles. The number of imidazole rings is 1. The van der Waals surface area contributed by atoms with Gasteiger partial charge < -0.3 is 20.3 Å². The predicted octanol–water partition coefficient (Wildman–Crippen LogP) is 0.352. The number of pyridine rings is 1. The Morgan fingerprint density at radius 3 is 2.83 bits per heavy atom. The number of aromatic carboxylic acids is 1. The van der Waals surface area contributed by atoms with E-state index in [9.17, 15) is 9.59 Å². The van der Waals surface area contributed by atoms with Gasteiger partial charge in [0, 0.05) is 45.1 Å². The zero-order valence-corrected chi connectivity index (χ0v) is 13.5. The monoisotopic (exact) mass is 331 g/mol. The van der Waals surface area contributed by atoms with Crippen LogP contribution >= 0.6 is 0 Å². The number of hydrogen-bond acceptors (Lipinski definition) is 5. The summed E-state index contributed by atoms with van der Waals surface area (Å²) in [6.07, 6.45) is 6.72. The van der Waals surface area contributed by atoms with Crippen molar-refractivity contribution in [3.63, 3.8) is 0 Å². The SMILES string of the molecule is Cn1ccnc1CCCNC(=O)CNCc1cc(C(=O)O)ccn1. The molecule has 0 spiro atoms. The lowest BCUT2D eigenvalue weighted by Crippen LogP contribution is -2.34. The molecule has 2 aromatic heterocycles. The average molecular weight is 331 g/mol. The summed E-state index contributed by atoms with van der Waals surface area (Å²) >= 11 is 0. The third-order valence-corrected chi connectivity index (χ3v) is 3.48. The van der Waals surface area contributed by atoms with Gasteiger partial charge in [-0.15, -0.1) is 0 Å². The third-order valence-electron chi connectivity index (χ3n) is 3.48. The van der Waals surface area contributed by atoms with Gasteiger partial charge >= 0.3 is 5.97 Å². The van der Waals surface area contributed by atoms with Gasteiger partial charge in [-0.25, -0.2) is 9.78 Å². The number of carbonyl (C=O) groups excluding carboxylic acids is 1. The minimum Gasteiger partial charge on any atom is -0.478 e. The molecule has 0 saturated heterocycles. The number of hydrogen-bond donors (Lipinski definition) is 3. The number of aromatic nitrogens is 3. The van der Waals surface area contributed by atoms with Gasteiger partial charge in [-0.2, -0.15) is 0 Å². The van der Waals surface area contributed by atoms with E-state index in [1.165, 1.54) is 18.3 Å². The molecule has 2 heterocycles. The Hall–Kier alpha value is -2.74. The Bertz CT molecular complexity index is 699. The number of nitrogens with one attached hydrogen (secondary N) is 2. The summed E-state index contributed by atoms with van der Waals surface area (Å²) < 4.78 is 1.96. The van der Waals surface area contributed by atoms with Gasteiger partial charge in [-0.1, -0.05) is 0 Å². The second-order valence-electron chi connectivity index (χ2n) is 5.35. The highest BCUT2D eigenvalue weighted by molar-refractivity contribution is 5.87. The van der Waals surface area contributed by atoms with Gasteiger partial charge in [-0.05, 0) is 18.6 Å². The summed E-state index contributed by atoms with van der Waals surface area (Å²) in [4.78, 5) is 30.9. The van der Waals surface area contributed by atoms with E-state index < -0.39 is 5.97 Å². The number of carboxylic acids is 1. The van der Waals surface area contributed by atoms with Crippen LogP contribution in [0, 0.1) is 0 Å². The molecule has 0 saturated carbocycles. The molecule has 0 fully saturated rings. The van der Waals surface area contributed by atoms with Crippen molar-refractivity contribution < 1.29 is 14.7 Å². The van der Waals surface area contributed by atoms with Crippen LogP contribution in [0.2, 0.25) is 0 Å². The van der Waals surface area contributed by atoms with E-state index in [0.29, 0.717) is 18.8 Å². The average Bonchev–Trinajstić information content (AvgIpc) is 2.97. The predicted molar refractivity (Wildman–Crippen MR) is 87.4 cm³/mol. The molecule has 8 nitrogen and oxygen atoms in total. The second-order valence-corrected chi connectivity index (χ2v) is 5.35. The summed E-state index contributed by atoms with van der Waals surface area (Å²) in [6, 6.07) is 2.92. The molecule has 2 rings (SSSR count). The highest BCUT2D eigenvalue weighted by atomic mass is 16.4. The zero-order chi connectivity index (χ0) is 17.4. The first-order valence-electron chi connectivity index (χ1n) is 7.68. The number of nitrogens with zero attached hydrogens (tertiary/aromatic N) is 3. The largest absolute Gasteiger partial charge is 0.478 e. The van der Waals surface area contributed by atoms with E-state index in [2.05, 4.69) is 20.6 Å². The molecule has 128 valence electrons. The quantitative estimate of drug-likeness (QED) is 0.572. The Labute approximate surface area is 139 Å². The van der Waals surface area contributed by atoms with E-state index in [4.69, 9.17) is 5.11 Å². The van der Waals surface area contributed by atoms with Gasteiger partial charge in [-0.3, -0.25) is 9.78 Å². The van der Waals surface area contributed by atoms with Crippen molar-refractivity contribution >= 4 is 11.9 Å². The maximum atomic E-state index is 11.7. The normalized spacial score (nSPS) is 10.5. The molecule has 3 N–H and O–H groups in total. The van der Waals surface area contributed by atoms with E-state index in [1.807, 2.05) is 17.8 Å². The molecule has 0 unspecified atom stereocenters. The molecular weight excluding hydrogens is 310 g/mol. The van der Waals surface area contributed by atoms with Crippen LogP contribution in [0.25, 0.3) is 0 Å². The first-order chi connectivity index (χ1) is 11.6. The molecule has 1 amide bonds. The van der Waals surface area contributed by atoms with Crippen molar-refractivity contribution in [2.45, 2.75) is 19.4 Å². The van der Waals surface area contributed by atoms with Crippen molar-refractivity contribution in [1.82, 2.24) is 25.2 Å². The van der Waals surface area contributed by atoms with Gasteiger partial charge in [0.05, 0.1) is 17.8 Å². The lowest BCUT2D eigenvalue weighted by Gasteiger charge is -2.07. The second kappa shape index (κ2) is 8.78. The topological polar surface area (TPSA) is 109 Å². The van der Waals surface area contributed by atoms with Crippen LogP contribution in [0.5, 0.6) is 0 Å². The summed E-state index contributed by atoms with van der Waals surface area (Å²) in [7, 11) is 1.94. The standard InChI is InChI=1S/C16H21N5O3/c1-21-8-7-19-14(21)3-2-5-20-15(22)11-17-10-13-9-12(16(23)24)4-6-18-13/h4,6-9,17H,2-3,5,10-11H2,1H3,(H,20,22)(H,23,24).